The van der Waals surface area contributed by atoms with Crippen LogP contribution in [0.15, 0.2) is 37.9 Å². The lowest BCUT2D eigenvalue weighted by molar-refractivity contribution is -0.145. The van der Waals surface area contributed by atoms with Crippen LogP contribution < -0.4 is 16.3 Å². The molecule has 0 saturated carbocycles. The molecule has 0 spiro atoms. The standard InChI is InChI=1S/C19H21BrN2O6/c1-3-21-16(23)8-6-14(19(26)27-4-2)22-17(24)13-10-11-9-12(20)5-7-15(11)28-18(13)25/h5,7,9-10,14H,3-4,6,8H2,1-2H3,(H,21,23)(H,22,24)/t14-/m1/s1. The first-order chi connectivity index (χ1) is 13.3. The average Bonchev–Trinajstić information content (AvgIpc) is 2.65. The Bertz CT molecular complexity index is 940. The summed E-state index contributed by atoms with van der Waals surface area (Å²) in [7, 11) is 0. The predicted octanol–water partition coefficient (Wildman–Crippen LogP) is 2.13. The van der Waals surface area contributed by atoms with Gasteiger partial charge in [-0.1, -0.05) is 15.9 Å². The van der Waals surface area contributed by atoms with Gasteiger partial charge in [-0.05, 0) is 44.5 Å². The Labute approximate surface area is 169 Å². The molecular formula is C19H21BrN2O6. The van der Waals surface area contributed by atoms with E-state index < -0.39 is 23.5 Å². The zero-order valence-electron chi connectivity index (χ0n) is 15.5. The van der Waals surface area contributed by atoms with Crippen LogP contribution in [0.5, 0.6) is 0 Å². The second-order valence-corrected chi connectivity index (χ2v) is 6.82. The number of halogens is 1. The van der Waals surface area contributed by atoms with Gasteiger partial charge < -0.3 is 19.8 Å². The lowest BCUT2D eigenvalue weighted by Gasteiger charge is -2.17. The Morgan fingerprint density at radius 3 is 2.64 bits per heavy atom. The van der Waals surface area contributed by atoms with Crippen molar-refractivity contribution in [1.82, 2.24) is 10.6 Å². The quantitative estimate of drug-likeness (QED) is 0.468. The molecule has 0 aliphatic heterocycles. The third-order valence-corrected chi connectivity index (χ3v) is 4.34. The molecular weight excluding hydrogens is 432 g/mol. The van der Waals surface area contributed by atoms with Gasteiger partial charge in [-0.25, -0.2) is 9.59 Å². The Hall–Kier alpha value is -2.68. The topological polar surface area (TPSA) is 115 Å². The van der Waals surface area contributed by atoms with Crippen molar-refractivity contribution in [2.45, 2.75) is 32.7 Å². The van der Waals surface area contributed by atoms with Crippen molar-refractivity contribution < 1.29 is 23.5 Å². The van der Waals surface area contributed by atoms with Gasteiger partial charge in [0.05, 0.1) is 6.61 Å². The van der Waals surface area contributed by atoms with Crippen molar-refractivity contribution >= 4 is 44.7 Å². The van der Waals surface area contributed by atoms with E-state index >= 15 is 0 Å². The van der Waals surface area contributed by atoms with Crippen molar-refractivity contribution in [3.05, 3.63) is 44.7 Å². The van der Waals surface area contributed by atoms with Crippen molar-refractivity contribution in [3.8, 4) is 0 Å². The van der Waals surface area contributed by atoms with Gasteiger partial charge in [-0.3, -0.25) is 9.59 Å². The lowest BCUT2D eigenvalue weighted by Crippen LogP contribution is -2.43. The summed E-state index contributed by atoms with van der Waals surface area (Å²) >= 11 is 3.32. The van der Waals surface area contributed by atoms with Gasteiger partial charge in [0.15, 0.2) is 0 Å². The summed E-state index contributed by atoms with van der Waals surface area (Å²) in [5.41, 5.74) is -0.723. The van der Waals surface area contributed by atoms with Gasteiger partial charge in [0, 0.05) is 22.8 Å². The molecule has 28 heavy (non-hydrogen) atoms. The van der Waals surface area contributed by atoms with Crippen molar-refractivity contribution in [2.75, 3.05) is 13.2 Å². The Morgan fingerprint density at radius 1 is 1.21 bits per heavy atom. The van der Waals surface area contributed by atoms with E-state index in [2.05, 4.69) is 26.6 Å². The number of nitrogens with one attached hydrogen (secondary N) is 2. The minimum Gasteiger partial charge on any atom is -0.464 e. The van der Waals surface area contributed by atoms with E-state index in [-0.39, 0.29) is 30.9 Å². The maximum atomic E-state index is 12.6. The molecule has 1 aromatic heterocycles. The molecule has 9 heteroatoms. The van der Waals surface area contributed by atoms with E-state index in [9.17, 15) is 19.2 Å². The van der Waals surface area contributed by atoms with Gasteiger partial charge >= 0.3 is 11.6 Å². The second-order valence-electron chi connectivity index (χ2n) is 5.90. The summed E-state index contributed by atoms with van der Waals surface area (Å²) in [4.78, 5) is 48.6. The number of fused-ring (bicyclic) bond motifs is 1. The van der Waals surface area contributed by atoms with Gasteiger partial charge in [0.25, 0.3) is 5.91 Å². The van der Waals surface area contributed by atoms with Gasteiger partial charge in [0.1, 0.15) is 17.2 Å². The minimum atomic E-state index is -1.06. The fourth-order valence-corrected chi connectivity index (χ4v) is 2.92. The summed E-state index contributed by atoms with van der Waals surface area (Å²) in [6.45, 7) is 4.00. The Balaban J connectivity index is 2.22. The second kappa shape index (κ2) is 10.0. The number of carbonyl (C=O) groups excluding carboxylic acids is 3. The normalized spacial score (nSPS) is 11.7. The lowest BCUT2D eigenvalue weighted by atomic mass is 10.1. The largest absolute Gasteiger partial charge is 0.464 e. The monoisotopic (exact) mass is 452 g/mol. The van der Waals surface area contributed by atoms with Crippen molar-refractivity contribution in [3.63, 3.8) is 0 Å². The molecule has 0 radical (unpaired) electrons. The molecule has 2 aromatic rings. The first-order valence-corrected chi connectivity index (χ1v) is 9.62. The predicted molar refractivity (Wildman–Crippen MR) is 106 cm³/mol. The molecule has 1 heterocycles. The van der Waals surface area contributed by atoms with Crippen LogP contribution in [0.2, 0.25) is 0 Å². The number of hydrogen-bond acceptors (Lipinski definition) is 6. The van der Waals surface area contributed by atoms with E-state index in [0.717, 1.165) is 4.47 Å². The van der Waals surface area contributed by atoms with E-state index in [4.69, 9.17) is 9.15 Å². The van der Waals surface area contributed by atoms with Gasteiger partial charge in [-0.2, -0.15) is 0 Å². The molecule has 8 nitrogen and oxygen atoms in total. The SMILES string of the molecule is CCNC(=O)CC[C@@H](NC(=O)c1cc2cc(Br)ccc2oc1=O)C(=O)OCC. The molecule has 0 fully saturated rings. The third-order valence-electron chi connectivity index (χ3n) is 3.85. The van der Waals surface area contributed by atoms with Crippen LogP contribution in [-0.4, -0.2) is 37.0 Å². The summed E-state index contributed by atoms with van der Waals surface area (Å²) < 4.78 is 10.9. The number of carbonyl (C=O) groups is 3. The first-order valence-electron chi connectivity index (χ1n) is 8.83. The third kappa shape index (κ3) is 5.66. The maximum Gasteiger partial charge on any atom is 0.349 e. The van der Waals surface area contributed by atoms with Crippen LogP contribution >= 0.6 is 15.9 Å². The smallest absolute Gasteiger partial charge is 0.349 e. The molecule has 2 N–H and O–H groups in total. The molecule has 0 aliphatic carbocycles. The molecule has 1 atom stereocenters. The number of rotatable bonds is 8. The minimum absolute atomic E-state index is 0.0247. The number of benzene rings is 1. The number of hydrogen-bond donors (Lipinski definition) is 2. The highest BCUT2D eigenvalue weighted by atomic mass is 79.9. The Morgan fingerprint density at radius 2 is 1.96 bits per heavy atom. The fourth-order valence-electron chi connectivity index (χ4n) is 2.54. The van der Waals surface area contributed by atoms with Crippen molar-refractivity contribution in [1.29, 1.82) is 0 Å². The van der Waals surface area contributed by atoms with Gasteiger partial charge in [-0.15, -0.1) is 0 Å². The molecule has 0 aliphatic rings. The van der Waals surface area contributed by atoms with Crippen LogP contribution in [0.1, 0.15) is 37.0 Å². The molecule has 150 valence electrons. The first kappa shape index (κ1) is 21.6. The molecule has 1 aromatic carbocycles. The van der Waals surface area contributed by atoms with Crippen LogP contribution in [-0.2, 0) is 14.3 Å². The van der Waals surface area contributed by atoms with E-state index in [1.54, 1.807) is 32.0 Å². The van der Waals surface area contributed by atoms with Crippen LogP contribution in [0.25, 0.3) is 11.0 Å². The highest BCUT2D eigenvalue weighted by molar-refractivity contribution is 9.10. The van der Waals surface area contributed by atoms with E-state index in [0.29, 0.717) is 17.5 Å². The summed E-state index contributed by atoms with van der Waals surface area (Å²) in [6.07, 6.45) is 0.0672. The number of esters is 1. The molecule has 0 bridgehead atoms. The fraction of sp³-hybridized carbons (Fsp3) is 0.368. The van der Waals surface area contributed by atoms with Crippen LogP contribution in [0.4, 0.5) is 0 Å². The highest BCUT2D eigenvalue weighted by Gasteiger charge is 2.25. The van der Waals surface area contributed by atoms with Crippen LogP contribution in [0.3, 0.4) is 0 Å². The summed E-state index contributed by atoms with van der Waals surface area (Å²) in [6, 6.07) is 5.35. The Kier molecular flexibility index (Phi) is 7.74. The molecule has 2 rings (SSSR count). The maximum absolute atomic E-state index is 12.6. The zero-order chi connectivity index (χ0) is 20.7. The molecule has 0 saturated heterocycles. The molecule has 2 amide bonds. The molecule has 0 unspecified atom stereocenters. The zero-order valence-corrected chi connectivity index (χ0v) is 17.1. The summed E-state index contributed by atoms with van der Waals surface area (Å²) in [5, 5.41) is 5.64. The highest BCUT2D eigenvalue weighted by Crippen LogP contribution is 2.19. The van der Waals surface area contributed by atoms with Crippen molar-refractivity contribution in [2.24, 2.45) is 0 Å². The van der Waals surface area contributed by atoms with E-state index in [1.807, 2.05) is 0 Å². The van der Waals surface area contributed by atoms with Gasteiger partial charge in [0.2, 0.25) is 5.91 Å². The number of ether oxygens (including phenoxy) is 1. The van der Waals surface area contributed by atoms with E-state index in [1.165, 1.54) is 6.07 Å². The summed E-state index contributed by atoms with van der Waals surface area (Å²) in [5.74, 6) is -1.70. The van der Waals surface area contributed by atoms with Crippen LogP contribution in [0, 0.1) is 0 Å². The average molecular weight is 453 g/mol. The number of amides is 2.